The molecule has 1 aliphatic heterocycles. The van der Waals surface area contributed by atoms with Crippen LogP contribution in [0.2, 0.25) is 0 Å². The molecule has 0 aliphatic carbocycles. The molecule has 1 unspecified atom stereocenters. The molecule has 0 radical (unpaired) electrons. The van der Waals surface area contributed by atoms with E-state index in [-0.39, 0.29) is 12.2 Å². The fourth-order valence-corrected chi connectivity index (χ4v) is 0.843. The fraction of sp³-hybridized carbons (Fsp3) is 1.00. The highest BCUT2D eigenvalue weighted by Gasteiger charge is 2.33. The van der Waals surface area contributed by atoms with E-state index in [1.807, 2.05) is 6.92 Å². The summed E-state index contributed by atoms with van der Waals surface area (Å²) in [6, 6.07) is 0. The van der Waals surface area contributed by atoms with Gasteiger partial charge in [-0.15, -0.1) is 0 Å². The summed E-state index contributed by atoms with van der Waals surface area (Å²) in [7, 11) is 0. The smallest absolute Gasteiger partial charge is 0.147 e. The monoisotopic (exact) mass is 132 g/mol. The second-order valence-electron chi connectivity index (χ2n) is 2.31. The molecule has 0 amide bonds. The number of hydrogen-bond donors (Lipinski definition) is 1. The first kappa shape index (κ1) is 6.99. The average Bonchev–Trinajstić information content (AvgIpc) is 2.36. The van der Waals surface area contributed by atoms with Gasteiger partial charge in [0.05, 0.1) is 13.2 Å². The van der Waals surface area contributed by atoms with Crippen LogP contribution in [0.4, 0.5) is 0 Å². The topological polar surface area (TPSA) is 38.7 Å². The predicted octanol–water partition coefficient (Wildman–Crippen LogP) is 0.132. The molecule has 1 saturated heterocycles. The van der Waals surface area contributed by atoms with E-state index in [4.69, 9.17) is 14.6 Å². The van der Waals surface area contributed by atoms with E-state index in [2.05, 4.69) is 0 Å². The van der Waals surface area contributed by atoms with Gasteiger partial charge in [-0.1, -0.05) is 6.92 Å². The molecule has 54 valence electrons. The minimum atomic E-state index is -0.389. The Morgan fingerprint density at radius 3 is 2.67 bits per heavy atom. The van der Waals surface area contributed by atoms with Gasteiger partial charge in [-0.05, 0) is 6.42 Å². The molecule has 1 N–H and O–H groups in total. The van der Waals surface area contributed by atoms with Crippen molar-refractivity contribution in [3.05, 3.63) is 0 Å². The minimum Gasteiger partial charge on any atom is -0.393 e. The Bertz CT molecular complexity index is 80.3. The maximum atomic E-state index is 8.81. The molecule has 0 spiro atoms. The van der Waals surface area contributed by atoms with E-state index in [1.165, 1.54) is 0 Å². The Hall–Kier alpha value is -0.120. The van der Waals surface area contributed by atoms with Crippen LogP contribution in [0.5, 0.6) is 0 Å². The Morgan fingerprint density at radius 2 is 2.44 bits per heavy atom. The molecule has 0 aromatic rings. The van der Waals surface area contributed by atoms with Gasteiger partial charge in [0, 0.05) is 0 Å². The highest BCUT2D eigenvalue weighted by molar-refractivity contribution is 4.79. The lowest BCUT2D eigenvalue weighted by atomic mass is 10.0. The van der Waals surface area contributed by atoms with Crippen LogP contribution in [-0.4, -0.2) is 30.7 Å². The quantitative estimate of drug-likeness (QED) is 0.580. The van der Waals surface area contributed by atoms with E-state index in [1.54, 1.807) is 0 Å². The van der Waals surface area contributed by atoms with Gasteiger partial charge in [0.1, 0.15) is 12.4 Å². The van der Waals surface area contributed by atoms with Crippen molar-refractivity contribution in [3.8, 4) is 0 Å². The van der Waals surface area contributed by atoms with Gasteiger partial charge in [-0.3, -0.25) is 0 Å². The van der Waals surface area contributed by atoms with Gasteiger partial charge in [0.2, 0.25) is 0 Å². The molecule has 9 heavy (non-hydrogen) atoms. The maximum Gasteiger partial charge on any atom is 0.147 e. The van der Waals surface area contributed by atoms with E-state index >= 15 is 0 Å². The first-order valence-electron chi connectivity index (χ1n) is 3.15. The van der Waals surface area contributed by atoms with Crippen LogP contribution in [0.3, 0.4) is 0 Å². The molecular weight excluding hydrogens is 120 g/mol. The zero-order valence-corrected chi connectivity index (χ0v) is 5.59. The SMILES string of the molecule is CCC1(CO)COCO1. The van der Waals surface area contributed by atoms with Crippen molar-refractivity contribution in [2.24, 2.45) is 0 Å². The maximum absolute atomic E-state index is 8.81. The summed E-state index contributed by atoms with van der Waals surface area (Å²) < 4.78 is 10.1. The van der Waals surface area contributed by atoms with Gasteiger partial charge in [-0.25, -0.2) is 0 Å². The van der Waals surface area contributed by atoms with Crippen LogP contribution >= 0.6 is 0 Å². The molecule has 1 fully saturated rings. The molecule has 1 aliphatic rings. The molecule has 0 bridgehead atoms. The first-order valence-corrected chi connectivity index (χ1v) is 3.15. The number of aliphatic hydroxyl groups is 1. The Balaban J connectivity index is 2.45. The largest absolute Gasteiger partial charge is 0.393 e. The summed E-state index contributed by atoms with van der Waals surface area (Å²) in [5, 5.41) is 8.81. The number of ether oxygens (including phenoxy) is 2. The second-order valence-corrected chi connectivity index (χ2v) is 2.31. The molecule has 0 aromatic carbocycles. The van der Waals surface area contributed by atoms with Crippen molar-refractivity contribution in [2.45, 2.75) is 18.9 Å². The highest BCUT2D eigenvalue weighted by Crippen LogP contribution is 2.20. The lowest BCUT2D eigenvalue weighted by Gasteiger charge is -2.20. The van der Waals surface area contributed by atoms with Gasteiger partial charge < -0.3 is 14.6 Å². The number of aliphatic hydroxyl groups excluding tert-OH is 1. The average molecular weight is 132 g/mol. The molecule has 1 heterocycles. The van der Waals surface area contributed by atoms with Crippen molar-refractivity contribution >= 4 is 0 Å². The van der Waals surface area contributed by atoms with Crippen LogP contribution in [0, 0.1) is 0 Å². The summed E-state index contributed by atoms with van der Waals surface area (Å²) in [5.74, 6) is 0. The minimum absolute atomic E-state index is 0.0590. The van der Waals surface area contributed by atoms with Crippen LogP contribution in [0.15, 0.2) is 0 Å². The molecule has 3 heteroatoms. The van der Waals surface area contributed by atoms with E-state index < -0.39 is 0 Å². The summed E-state index contributed by atoms with van der Waals surface area (Å²) in [6.45, 7) is 2.89. The number of rotatable bonds is 2. The molecular formula is C6H12O3. The van der Waals surface area contributed by atoms with Crippen LogP contribution in [-0.2, 0) is 9.47 Å². The lowest BCUT2D eigenvalue weighted by molar-refractivity contribution is -0.0424. The van der Waals surface area contributed by atoms with Gasteiger partial charge in [0.15, 0.2) is 0 Å². The van der Waals surface area contributed by atoms with Crippen molar-refractivity contribution < 1.29 is 14.6 Å². The summed E-state index contributed by atoms with van der Waals surface area (Å²) in [6.07, 6.45) is 0.809. The highest BCUT2D eigenvalue weighted by atomic mass is 16.7. The Labute approximate surface area is 54.6 Å². The summed E-state index contributed by atoms with van der Waals surface area (Å²) in [5.41, 5.74) is -0.389. The first-order chi connectivity index (χ1) is 4.33. The zero-order valence-electron chi connectivity index (χ0n) is 5.59. The fourth-order valence-electron chi connectivity index (χ4n) is 0.843. The van der Waals surface area contributed by atoms with Gasteiger partial charge in [0.25, 0.3) is 0 Å². The van der Waals surface area contributed by atoms with Crippen LogP contribution in [0.1, 0.15) is 13.3 Å². The molecule has 3 nitrogen and oxygen atoms in total. The second kappa shape index (κ2) is 2.64. The lowest BCUT2D eigenvalue weighted by Crippen LogP contribution is -2.34. The van der Waals surface area contributed by atoms with Gasteiger partial charge in [-0.2, -0.15) is 0 Å². The summed E-state index contributed by atoms with van der Waals surface area (Å²) in [4.78, 5) is 0. The van der Waals surface area contributed by atoms with Crippen LogP contribution in [0.25, 0.3) is 0 Å². The third kappa shape index (κ3) is 1.23. The third-order valence-electron chi connectivity index (χ3n) is 1.75. The van der Waals surface area contributed by atoms with Gasteiger partial charge >= 0.3 is 0 Å². The normalized spacial score (nSPS) is 35.3. The molecule has 0 saturated carbocycles. The van der Waals surface area contributed by atoms with Crippen LogP contribution < -0.4 is 0 Å². The predicted molar refractivity (Wildman–Crippen MR) is 32.0 cm³/mol. The molecule has 1 rings (SSSR count). The van der Waals surface area contributed by atoms with Crippen molar-refractivity contribution in [2.75, 3.05) is 20.0 Å². The van der Waals surface area contributed by atoms with Crippen molar-refractivity contribution in [3.63, 3.8) is 0 Å². The standard InChI is InChI=1S/C6H12O3/c1-2-6(3-7)4-8-5-9-6/h7H,2-5H2,1H3. The Morgan fingerprint density at radius 1 is 1.67 bits per heavy atom. The number of hydrogen-bond acceptors (Lipinski definition) is 3. The van der Waals surface area contributed by atoms with E-state index in [9.17, 15) is 0 Å². The van der Waals surface area contributed by atoms with Crippen molar-refractivity contribution in [1.29, 1.82) is 0 Å². The van der Waals surface area contributed by atoms with E-state index in [0.717, 1.165) is 6.42 Å². The Kier molecular flexibility index (Phi) is 2.05. The molecule has 1 atom stereocenters. The third-order valence-corrected chi connectivity index (χ3v) is 1.75. The zero-order chi connectivity index (χ0) is 6.74. The molecule has 0 aromatic heterocycles. The van der Waals surface area contributed by atoms with E-state index in [0.29, 0.717) is 13.4 Å². The van der Waals surface area contributed by atoms with Crippen molar-refractivity contribution in [1.82, 2.24) is 0 Å². The summed E-state index contributed by atoms with van der Waals surface area (Å²) >= 11 is 0.